The third-order valence-corrected chi connectivity index (χ3v) is 22.1. The van der Waals surface area contributed by atoms with Gasteiger partial charge in [0.15, 0.2) is 13.5 Å². The van der Waals surface area contributed by atoms with Crippen LogP contribution in [0.2, 0.25) is 0 Å². The molecule has 588 valence electrons. The number of aliphatic hydroxyl groups is 1. The van der Waals surface area contributed by atoms with E-state index in [9.17, 15) is 19.2 Å². The minimum absolute atomic E-state index is 0. The van der Waals surface area contributed by atoms with Crippen molar-refractivity contribution in [2.24, 2.45) is 0 Å². The highest BCUT2D eigenvalue weighted by Crippen LogP contribution is 2.33. The van der Waals surface area contributed by atoms with Crippen molar-refractivity contribution in [2.75, 3.05) is 102 Å². The minimum Gasteiger partial charge on any atom is -0.494 e. The van der Waals surface area contributed by atoms with Gasteiger partial charge in [0.05, 0.1) is 30.9 Å². The van der Waals surface area contributed by atoms with Crippen LogP contribution in [0.25, 0.3) is 42.0 Å². The second-order valence-corrected chi connectivity index (χ2v) is 30.3. The molecule has 2 aliphatic rings. The molecule has 4 aromatic heterocycles. The Morgan fingerprint density at radius 3 is 1.22 bits per heavy atom. The summed E-state index contributed by atoms with van der Waals surface area (Å²) in [6.07, 6.45) is 33.6. The van der Waals surface area contributed by atoms with E-state index < -0.39 is 12.3 Å². The lowest BCUT2D eigenvalue weighted by Crippen LogP contribution is -2.46. The average Bonchev–Trinajstić information content (AvgIpc) is 1.45. The highest BCUT2D eigenvalue weighted by molar-refractivity contribution is 7.17. The number of hydrogen-bond acceptors (Lipinski definition) is 17. The van der Waals surface area contributed by atoms with E-state index in [1.54, 1.807) is 59.1 Å². The van der Waals surface area contributed by atoms with E-state index in [-0.39, 0.29) is 32.0 Å². The number of hydrogen-bond donors (Lipinski definition) is 1. The Balaban J connectivity index is 0.000000229. The number of unbranched alkanes of at least 4 members (excludes halogenated alkanes) is 24. The van der Waals surface area contributed by atoms with Crippen molar-refractivity contribution in [1.29, 1.82) is 0 Å². The second-order valence-electron chi connectivity index (χ2n) is 28.4. The molecule has 0 amide bonds. The van der Waals surface area contributed by atoms with Crippen LogP contribution in [-0.2, 0) is 27.7 Å². The van der Waals surface area contributed by atoms with Crippen molar-refractivity contribution < 1.29 is 43.1 Å². The van der Waals surface area contributed by atoms with Crippen LogP contribution in [0.15, 0.2) is 160 Å². The first-order chi connectivity index (χ1) is 52.7. The molecule has 1 N–H and O–H groups in total. The topological polar surface area (TPSA) is 167 Å². The summed E-state index contributed by atoms with van der Waals surface area (Å²) >= 11 is 3.60. The van der Waals surface area contributed by atoms with Gasteiger partial charge in [0.1, 0.15) is 17.2 Å². The number of pyridine rings is 2. The van der Waals surface area contributed by atoms with Crippen molar-refractivity contribution in [3.63, 3.8) is 0 Å². The number of ether oxygens (including phenoxy) is 6. The standard InChI is InChI=1S/C41H57N3O5S.C33H33N3O5S.C14H30O.CH4/c1-2-3-4-5-6-7-8-9-10-11-12-14-30-48-41(46)49-33-44-38-32-35(21-19-34(38)20-22-40(44)45)47-29-15-13-24-42-25-27-43(28-26-42)37-17-16-18-39-36(37)23-31-50-39;37-32-14-12-25-11-13-27(23-30(25)36(32)24-40-33(38)41-26-7-2-1-3-8-26)39-21-5-4-16-34-17-19-35(20-18-34)29-9-6-10-31-28(29)15-22-42-31;1-2-3-4-5-6-7-8-9-10-11-12-13-14-15;/h16-23,31-32H,2-15,24-30,33H2,1H3;1-3,6-15,22-23H,4-5,16-21,24H2;15H,2-14H2,1H3;1H4. The molecule has 0 unspecified atom stereocenters. The summed E-state index contributed by atoms with van der Waals surface area (Å²) in [7, 11) is 0. The first kappa shape index (κ1) is 85.7. The van der Waals surface area contributed by atoms with Crippen molar-refractivity contribution >= 4 is 88.3 Å². The Morgan fingerprint density at radius 2 is 0.787 bits per heavy atom. The zero-order valence-electron chi connectivity index (χ0n) is 64.1. The summed E-state index contributed by atoms with van der Waals surface area (Å²) in [6, 6.07) is 44.1. The fourth-order valence-corrected chi connectivity index (χ4v) is 15.7. The fourth-order valence-electron chi connectivity index (χ4n) is 14.1. The molecular weight excluding hydrogens is 1390 g/mol. The SMILES string of the molecule is C.CCCCCCCCCCCCCCO.CCCCCCCCCCCCCCOC(=O)OCn1c(=O)ccc2ccc(OCCCCN3CCN(c4cccc5sccc45)CC3)cc21.O=C(OCn1c(=O)ccc2ccc(OCCCCN3CCN(c4cccc5sccc45)CC3)cc21)Oc1ccccc1. The zero-order chi connectivity index (χ0) is 74.7. The van der Waals surface area contributed by atoms with Crippen molar-refractivity contribution in [2.45, 2.75) is 215 Å². The van der Waals surface area contributed by atoms with Gasteiger partial charge in [-0.15, -0.1) is 22.7 Å². The molecule has 0 atom stereocenters. The molecule has 5 aromatic carbocycles. The minimum atomic E-state index is -0.876. The normalized spacial score (nSPS) is 13.2. The van der Waals surface area contributed by atoms with Crippen LogP contribution in [0.1, 0.15) is 201 Å². The smallest absolute Gasteiger partial charge is 0.494 e. The summed E-state index contributed by atoms with van der Waals surface area (Å²) in [5.41, 5.74) is 3.48. The molecule has 19 heteroatoms. The Bertz CT molecular complexity index is 4090. The van der Waals surface area contributed by atoms with Crippen LogP contribution < -0.4 is 35.1 Å². The summed E-state index contributed by atoms with van der Waals surface area (Å²) in [4.78, 5) is 59.8. The molecule has 0 aliphatic carbocycles. The molecule has 0 bridgehead atoms. The molecule has 11 rings (SSSR count). The lowest BCUT2D eigenvalue weighted by Gasteiger charge is -2.36. The lowest BCUT2D eigenvalue weighted by molar-refractivity contribution is 0.0331. The quantitative estimate of drug-likeness (QED) is 0.0217. The zero-order valence-corrected chi connectivity index (χ0v) is 65.7. The van der Waals surface area contributed by atoms with E-state index >= 15 is 0 Å². The van der Waals surface area contributed by atoms with E-state index in [0.29, 0.717) is 54.7 Å². The lowest BCUT2D eigenvalue weighted by atomic mass is 10.1. The van der Waals surface area contributed by atoms with E-state index in [2.05, 4.69) is 92.7 Å². The number of carbonyl (C=O) groups excluding carboxylic acids is 2. The Labute approximate surface area is 651 Å². The van der Waals surface area contributed by atoms with Crippen LogP contribution in [0.3, 0.4) is 0 Å². The van der Waals surface area contributed by atoms with Crippen LogP contribution >= 0.6 is 22.7 Å². The second kappa shape index (κ2) is 50.0. The number of fused-ring (bicyclic) bond motifs is 4. The van der Waals surface area contributed by atoms with Gasteiger partial charge in [-0.2, -0.15) is 0 Å². The molecule has 0 saturated carbocycles. The Morgan fingerprint density at radius 1 is 0.389 bits per heavy atom. The van der Waals surface area contributed by atoms with E-state index in [4.69, 9.17) is 33.5 Å². The molecule has 108 heavy (non-hydrogen) atoms. The van der Waals surface area contributed by atoms with Gasteiger partial charge in [-0.3, -0.25) is 28.5 Å². The number of anilines is 2. The third-order valence-electron chi connectivity index (χ3n) is 20.4. The van der Waals surface area contributed by atoms with Crippen molar-refractivity contribution in [3.8, 4) is 17.2 Å². The van der Waals surface area contributed by atoms with Crippen LogP contribution in [0.4, 0.5) is 21.0 Å². The molecular formula is C89H124N6O11S2. The monoisotopic (exact) mass is 1520 g/mol. The molecule has 17 nitrogen and oxygen atoms in total. The van der Waals surface area contributed by atoms with Gasteiger partial charge in [-0.1, -0.05) is 193 Å². The number of carbonyl (C=O) groups is 2. The van der Waals surface area contributed by atoms with Gasteiger partial charge < -0.3 is 43.3 Å². The average molecular weight is 1520 g/mol. The number of aliphatic hydroxyl groups excluding tert-OH is 1. The largest absolute Gasteiger partial charge is 0.515 e. The molecule has 6 heterocycles. The number of piperazine rings is 2. The highest BCUT2D eigenvalue weighted by Gasteiger charge is 2.21. The van der Waals surface area contributed by atoms with Gasteiger partial charge in [0.2, 0.25) is 0 Å². The van der Waals surface area contributed by atoms with Crippen LogP contribution in [0.5, 0.6) is 17.2 Å². The summed E-state index contributed by atoms with van der Waals surface area (Å²) < 4.78 is 38.7. The third kappa shape index (κ3) is 29.5. The number of rotatable bonds is 44. The molecule has 0 radical (unpaired) electrons. The molecule has 9 aromatic rings. The van der Waals surface area contributed by atoms with Gasteiger partial charge in [0.25, 0.3) is 11.1 Å². The van der Waals surface area contributed by atoms with Crippen molar-refractivity contribution in [3.05, 3.63) is 171 Å². The van der Waals surface area contributed by atoms with E-state index in [1.165, 1.54) is 181 Å². The van der Waals surface area contributed by atoms with Crippen molar-refractivity contribution in [1.82, 2.24) is 18.9 Å². The van der Waals surface area contributed by atoms with E-state index in [0.717, 1.165) is 128 Å². The summed E-state index contributed by atoms with van der Waals surface area (Å²) in [6.45, 7) is 16.5. The van der Waals surface area contributed by atoms with Gasteiger partial charge >= 0.3 is 12.3 Å². The number of para-hydroxylation sites is 1. The highest BCUT2D eigenvalue weighted by atomic mass is 32.1. The van der Waals surface area contributed by atoms with Crippen LogP contribution in [0, 0.1) is 0 Å². The first-order valence-electron chi connectivity index (χ1n) is 40.4. The van der Waals surface area contributed by atoms with E-state index in [1.807, 2.05) is 42.5 Å². The predicted molar refractivity (Wildman–Crippen MR) is 449 cm³/mol. The maximum absolute atomic E-state index is 12.7. The first-order valence-corrected chi connectivity index (χ1v) is 42.1. The van der Waals surface area contributed by atoms with Crippen LogP contribution in [-0.4, -0.2) is 128 Å². The Kier molecular flexibility index (Phi) is 39.6. The van der Waals surface area contributed by atoms with Gasteiger partial charge in [0, 0.05) is 115 Å². The summed E-state index contributed by atoms with van der Waals surface area (Å²) in [5, 5.41) is 17.4. The summed E-state index contributed by atoms with van der Waals surface area (Å²) in [5.74, 6) is 1.74. The molecule has 2 aliphatic heterocycles. The Hall–Kier alpha value is -7.94. The van der Waals surface area contributed by atoms with Gasteiger partial charge in [-0.05, 0) is 158 Å². The predicted octanol–water partition coefficient (Wildman–Crippen LogP) is 21.7. The maximum atomic E-state index is 12.7. The number of nitrogens with zero attached hydrogens (tertiary/aromatic N) is 6. The molecule has 2 saturated heterocycles. The number of thiophene rings is 2. The fraction of sp³-hybridized carbons (Fsp3) is 0.528. The number of benzene rings is 5. The number of aromatic nitrogens is 2. The maximum Gasteiger partial charge on any atom is 0.515 e. The molecule has 0 spiro atoms. The molecule has 2 fully saturated rings. The van der Waals surface area contributed by atoms with Gasteiger partial charge in [-0.25, -0.2) is 9.59 Å².